The number of ether oxygens (including phenoxy) is 1. The van der Waals surface area contributed by atoms with Crippen molar-refractivity contribution >= 4 is 34.6 Å². The van der Waals surface area contributed by atoms with Crippen molar-refractivity contribution in [2.45, 2.75) is 13.8 Å². The number of hydrogen-bond donors (Lipinski definition) is 2. The summed E-state index contributed by atoms with van der Waals surface area (Å²) in [7, 11) is 0. The number of thiazole rings is 1. The summed E-state index contributed by atoms with van der Waals surface area (Å²) in [4.78, 5) is 28.3. The lowest BCUT2D eigenvalue weighted by molar-refractivity contribution is 0.213. The van der Waals surface area contributed by atoms with Gasteiger partial charge in [-0.3, -0.25) is 5.32 Å². The third-order valence-corrected chi connectivity index (χ3v) is 3.65. The number of carbonyl (C=O) groups excluding carboxylic acids is 1. The minimum atomic E-state index is -0.661. The maximum Gasteiger partial charge on any atom is 0.419 e. The van der Waals surface area contributed by atoms with Crippen LogP contribution in [0.3, 0.4) is 0 Å². The van der Waals surface area contributed by atoms with E-state index in [1.165, 1.54) is 17.7 Å². The molecule has 0 saturated heterocycles. The molecule has 0 spiro atoms. The highest BCUT2D eigenvalue weighted by atomic mass is 32.1. The Morgan fingerprint density at radius 1 is 1.17 bits per heavy atom. The number of carbonyl (C=O) groups is 1. The van der Waals surface area contributed by atoms with E-state index in [9.17, 15) is 4.79 Å². The largest absolute Gasteiger partial charge is 0.419 e. The molecule has 0 atom stereocenters. The van der Waals surface area contributed by atoms with E-state index in [4.69, 9.17) is 4.74 Å². The van der Waals surface area contributed by atoms with E-state index in [0.29, 0.717) is 17.2 Å². The zero-order valence-electron chi connectivity index (χ0n) is 13.0. The molecule has 0 aromatic carbocycles. The maximum absolute atomic E-state index is 12.0. The van der Waals surface area contributed by atoms with Crippen molar-refractivity contribution in [3.8, 4) is 5.88 Å². The van der Waals surface area contributed by atoms with Gasteiger partial charge in [0.2, 0.25) is 5.88 Å². The van der Waals surface area contributed by atoms with Gasteiger partial charge in [-0.25, -0.2) is 24.7 Å². The van der Waals surface area contributed by atoms with Gasteiger partial charge in [0, 0.05) is 11.1 Å². The Bertz CT molecular complexity index is 852. The minimum Gasteiger partial charge on any atom is -0.389 e. The lowest BCUT2D eigenvalue weighted by Gasteiger charge is -2.11. The van der Waals surface area contributed by atoms with E-state index in [2.05, 4.69) is 30.6 Å². The van der Waals surface area contributed by atoms with Crippen LogP contribution in [0.15, 0.2) is 36.2 Å². The van der Waals surface area contributed by atoms with Crippen molar-refractivity contribution in [1.29, 1.82) is 0 Å². The molecule has 0 radical (unpaired) electrons. The predicted octanol–water partition coefficient (Wildman–Crippen LogP) is 3.30. The van der Waals surface area contributed by atoms with Crippen molar-refractivity contribution in [2.24, 2.45) is 0 Å². The zero-order chi connectivity index (χ0) is 16.9. The van der Waals surface area contributed by atoms with E-state index < -0.39 is 6.09 Å². The molecule has 3 aromatic rings. The Morgan fingerprint density at radius 3 is 2.67 bits per heavy atom. The summed E-state index contributed by atoms with van der Waals surface area (Å²) in [5, 5.41) is 8.22. The van der Waals surface area contributed by atoms with Crippen LogP contribution in [-0.4, -0.2) is 26.0 Å². The van der Waals surface area contributed by atoms with Crippen LogP contribution in [0, 0.1) is 13.8 Å². The number of aryl methyl sites for hydroxylation is 2. The second-order valence-corrected chi connectivity index (χ2v) is 5.89. The Kier molecular flexibility index (Phi) is 4.62. The fraction of sp³-hybridized carbons (Fsp3) is 0.133. The zero-order valence-corrected chi connectivity index (χ0v) is 13.8. The van der Waals surface area contributed by atoms with Gasteiger partial charge < -0.3 is 10.1 Å². The first-order valence-electron chi connectivity index (χ1n) is 7.01. The van der Waals surface area contributed by atoms with Crippen LogP contribution < -0.4 is 15.4 Å². The molecule has 3 aromatic heterocycles. The molecule has 0 aliphatic heterocycles. The lowest BCUT2D eigenvalue weighted by Crippen LogP contribution is -2.18. The molecule has 0 fully saturated rings. The summed E-state index contributed by atoms with van der Waals surface area (Å²) in [5.41, 5.74) is 1.90. The van der Waals surface area contributed by atoms with Crippen LogP contribution in [0.2, 0.25) is 0 Å². The SMILES string of the molecule is Cc1ccc(Nc2cncnc2)c(OC(=O)Nc2csc(C)n2)n1. The van der Waals surface area contributed by atoms with Crippen LogP contribution in [0.1, 0.15) is 10.7 Å². The van der Waals surface area contributed by atoms with Crippen LogP contribution in [0.4, 0.5) is 22.0 Å². The second kappa shape index (κ2) is 7.01. The van der Waals surface area contributed by atoms with Gasteiger partial charge in [0.1, 0.15) is 17.8 Å². The molecule has 2 N–H and O–H groups in total. The number of aromatic nitrogens is 4. The Labute approximate surface area is 142 Å². The summed E-state index contributed by atoms with van der Waals surface area (Å²) >= 11 is 1.44. The van der Waals surface area contributed by atoms with E-state index >= 15 is 0 Å². The molecule has 0 bridgehead atoms. The van der Waals surface area contributed by atoms with Crippen molar-refractivity contribution in [3.63, 3.8) is 0 Å². The normalized spacial score (nSPS) is 10.2. The molecule has 24 heavy (non-hydrogen) atoms. The standard InChI is InChI=1S/C15H14N6O2S/c1-9-3-4-12(20-11-5-16-8-17-6-11)14(18-9)23-15(22)21-13-7-24-10(2)19-13/h3-8,20H,1-2H3,(H,21,22). The number of nitrogens with one attached hydrogen (secondary N) is 2. The van der Waals surface area contributed by atoms with Gasteiger partial charge >= 0.3 is 6.09 Å². The molecule has 0 aliphatic rings. The average molecular weight is 342 g/mol. The second-order valence-electron chi connectivity index (χ2n) is 4.82. The Morgan fingerprint density at radius 2 is 1.96 bits per heavy atom. The number of rotatable bonds is 4. The summed E-state index contributed by atoms with van der Waals surface area (Å²) in [6.45, 7) is 3.66. The minimum absolute atomic E-state index is 0.156. The van der Waals surface area contributed by atoms with Crippen LogP contribution in [0.25, 0.3) is 0 Å². The van der Waals surface area contributed by atoms with Gasteiger partial charge in [0.05, 0.1) is 23.1 Å². The van der Waals surface area contributed by atoms with Crippen molar-refractivity contribution in [3.05, 3.63) is 46.9 Å². The molecular formula is C15H14N6O2S. The highest BCUT2D eigenvalue weighted by Crippen LogP contribution is 2.26. The first kappa shape index (κ1) is 15.8. The van der Waals surface area contributed by atoms with Crippen LogP contribution in [-0.2, 0) is 0 Å². The molecule has 3 heterocycles. The molecule has 0 saturated carbocycles. The van der Waals surface area contributed by atoms with Gasteiger partial charge in [-0.2, -0.15) is 0 Å². The fourth-order valence-corrected chi connectivity index (χ4v) is 2.41. The molecule has 0 unspecified atom stereocenters. The third-order valence-electron chi connectivity index (χ3n) is 2.88. The van der Waals surface area contributed by atoms with E-state index in [0.717, 1.165) is 10.7 Å². The maximum atomic E-state index is 12.0. The number of nitrogens with zero attached hydrogens (tertiary/aromatic N) is 4. The smallest absolute Gasteiger partial charge is 0.389 e. The topological polar surface area (TPSA) is 102 Å². The number of amides is 1. The Hall–Kier alpha value is -3.07. The summed E-state index contributed by atoms with van der Waals surface area (Å²) in [6.07, 6.45) is 3.98. The first-order valence-corrected chi connectivity index (χ1v) is 7.89. The van der Waals surface area contributed by atoms with Crippen molar-refractivity contribution in [1.82, 2.24) is 19.9 Å². The number of pyridine rings is 1. The van der Waals surface area contributed by atoms with Crippen molar-refractivity contribution in [2.75, 3.05) is 10.6 Å². The van der Waals surface area contributed by atoms with Crippen molar-refractivity contribution < 1.29 is 9.53 Å². The summed E-state index contributed by atoms with van der Waals surface area (Å²) in [6, 6.07) is 3.58. The molecule has 8 nitrogen and oxygen atoms in total. The van der Waals surface area contributed by atoms with E-state index in [-0.39, 0.29) is 5.88 Å². The summed E-state index contributed by atoms with van der Waals surface area (Å²) < 4.78 is 5.31. The molecule has 9 heteroatoms. The highest BCUT2D eigenvalue weighted by Gasteiger charge is 2.13. The number of hydrogen-bond acceptors (Lipinski definition) is 8. The fourth-order valence-electron chi connectivity index (χ4n) is 1.86. The third kappa shape index (κ3) is 4.02. The monoisotopic (exact) mass is 342 g/mol. The van der Waals surface area contributed by atoms with Gasteiger partial charge in [-0.1, -0.05) is 0 Å². The van der Waals surface area contributed by atoms with E-state index in [1.54, 1.807) is 29.9 Å². The first-order chi connectivity index (χ1) is 11.6. The van der Waals surface area contributed by atoms with Gasteiger partial charge in [0.25, 0.3) is 0 Å². The molecule has 3 rings (SSSR count). The highest BCUT2D eigenvalue weighted by molar-refractivity contribution is 7.09. The molecule has 1 amide bonds. The van der Waals surface area contributed by atoms with Gasteiger partial charge in [-0.05, 0) is 26.0 Å². The molecule has 0 aliphatic carbocycles. The van der Waals surface area contributed by atoms with Crippen LogP contribution in [0.5, 0.6) is 5.88 Å². The molecule has 122 valence electrons. The van der Waals surface area contributed by atoms with Gasteiger partial charge in [-0.15, -0.1) is 11.3 Å². The molecular weight excluding hydrogens is 328 g/mol. The van der Waals surface area contributed by atoms with Gasteiger partial charge in [0.15, 0.2) is 0 Å². The predicted molar refractivity (Wildman–Crippen MR) is 90.8 cm³/mol. The van der Waals surface area contributed by atoms with E-state index in [1.807, 2.05) is 13.8 Å². The van der Waals surface area contributed by atoms with Crippen LogP contribution >= 0.6 is 11.3 Å². The lowest BCUT2D eigenvalue weighted by atomic mass is 10.3. The summed E-state index contributed by atoms with van der Waals surface area (Å²) in [5.74, 6) is 0.601. The number of anilines is 3. The quantitative estimate of drug-likeness (QED) is 0.750. The Balaban J connectivity index is 1.76. The average Bonchev–Trinajstić information content (AvgIpc) is 2.96.